The quantitative estimate of drug-likeness (QED) is 0.889. The van der Waals surface area contributed by atoms with Gasteiger partial charge in [0.2, 0.25) is 0 Å². The Morgan fingerprint density at radius 3 is 2.30 bits per heavy atom. The van der Waals surface area contributed by atoms with Crippen molar-refractivity contribution in [3.8, 4) is 11.5 Å². The first kappa shape index (κ1) is 14.5. The van der Waals surface area contributed by atoms with Gasteiger partial charge in [-0.15, -0.1) is 0 Å². The molecule has 0 fully saturated rings. The molecule has 2 nitrogen and oxygen atoms in total. The summed E-state index contributed by atoms with van der Waals surface area (Å²) in [5, 5.41) is 0. The Labute approximate surface area is 119 Å². The van der Waals surface area contributed by atoms with Crippen LogP contribution in [0.25, 0.3) is 0 Å². The van der Waals surface area contributed by atoms with E-state index in [9.17, 15) is 4.39 Å². The van der Waals surface area contributed by atoms with Crippen molar-refractivity contribution in [2.75, 3.05) is 0 Å². The molecule has 0 amide bonds. The summed E-state index contributed by atoms with van der Waals surface area (Å²) >= 11 is 0. The fourth-order valence-corrected chi connectivity index (χ4v) is 2.15. The van der Waals surface area contributed by atoms with Crippen LogP contribution in [0.3, 0.4) is 0 Å². The Balaban J connectivity index is 2.44. The Kier molecular flexibility index (Phi) is 4.09. The van der Waals surface area contributed by atoms with Crippen LogP contribution in [-0.2, 0) is 0 Å². The molecule has 0 aliphatic heterocycles. The van der Waals surface area contributed by atoms with Gasteiger partial charge >= 0.3 is 0 Å². The molecule has 0 saturated carbocycles. The zero-order valence-corrected chi connectivity index (χ0v) is 12.3. The van der Waals surface area contributed by atoms with Crippen molar-refractivity contribution >= 4 is 0 Å². The lowest BCUT2D eigenvalue weighted by atomic mass is 10.0. The van der Waals surface area contributed by atoms with Crippen LogP contribution in [0.1, 0.15) is 35.2 Å². The van der Waals surface area contributed by atoms with Gasteiger partial charge in [-0.2, -0.15) is 0 Å². The second kappa shape index (κ2) is 5.63. The predicted molar refractivity (Wildman–Crippen MR) is 79.7 cm³/mol. The molecule has 0 spiro atoms. The standard InChI is InChI=1S/C17H20FNO/c1-10-5-6-16(12(3)7-10)20-17-8-11(2)15(18)9-14(17)13(4)19/h5-9,13H,19H2,1-4H3. The molecule has 3 heteroatoms. The first-order chi connectivity index (χ1) is 9.38. The normalized spacial score (nSPS) is 12.3. The summed E-state index contributed by atoms with van der Waals surface area (Å²) in [7, 11) is 0. The van der Waals surface area contributed by atoms with Crippen molar-refractivity contribution in [1.29, 1.82) is 0 Å². The van der Waals surface area contributed by atoms with Gasteiger partial charge in [-0.05, 0) is 57.0 Å². The summed E-state index contributed by atoms with van der Waals surface area (Å²) in [5.41, 5.74) is 9.35. The van der Waals surface area contributed by atoms with Gasteiger partial charge in [0, 0.05) is 11.6 Å². The summed E-state index contributed by atoms with van der Waals surface area (Å²) in [6.45, 7) is 7.56. The van der Waals surface area contributed by atoms with Gasteiger partial charge in [0.05, 0.1) is 0 Å². The number of ether oxygens (including phenoxy) is 1. The molecule has 2 rings (SSSR count). The smallest absolute Gasteiger partial charge is 0.132 e. The highest BCUT2D eigenvalue weighted by Crippen LogP contribution is 2.32. The third-order valence-electron chi connectivity index (χ3n) is 3.33. The number of aryl methyl sites for hydroxylation is 3. The monoisotopic (exact) mass is 273 g/mol. The van der Waals surface area contributed by atoms with Crippen LogP contribution in [-0.4, -0.2) is 0 Å². The van der Waals surface area contributed by atoms with E-state index in [2.05, 4.69) is 6.07 Å². The Morgan fingerprint density at radius 2 is 1.70 bits per heavy atom. The lowest BCUT2D eigenvalue weighted by molar-refractivity contribution is 0.464. The minimum absolute atomic E-state index is 0.259. The van der Waals surface area contributed by atoms with Gasteiger partial charge in [-0.3, -0.25) is 0 Å². The van der Waals surface area contributed by atoms with Crippen molar-refractivity contribution in [3.63, 3.8) is 0 Å². The predicted octanol–water partition coefficient (Wildman–Crippen LogP) is 4.56. The first-order valence-corrected chi connectivity index (χ1v) is 6.69. The molecule has 0 heterocycles. The topological polar surface area (TPSA) is 35.2 Å². The van der Waals surface area contributed by atoms with Crippen molar-refractivity contribution in [2.24, 2.45) is 5.73 Å². The summed E-state index contributed by atoms with van der Waals surface area (Å²) < 4.78 is 19.6. The number of hydrogen-bond acceptors (Lipinski definition) is 2. The van der Waals surface area contributed by atoms with E-state index in [4.69, 9.17) is 10.5 Å². The highest BCUT2D eigenvalue weighted by molar-refractivity contribution is 5.45. The maximum Gasteiger partial charge on any atom is 0.132 e. The van der Waals surface area contributed by atoms with E-state index < -0.39 is 0 Å². The molecule has 1 unspecified atom stereocenters. The van der Waals surface area contributed by atoms with E-state index >= 15 is 0 Å². The average molecular weight is 273 g/mol. The number of halogens is 1. The maximum absolute atomic E-state index is 13.7. The Bertz CT molecular complexity index is 635. The van der Waals surface area contributed by atoms with Gasteiger partial charge in [-0.1, -0.05) is 17.7 Å². The van der Waals surface area contributed by atoms with Crippen molar-refractivity contribution in [2.45, 2.75) is 33.7 Å². The second-order valence-corrected chi connectivity index (χ2v) is 5.30. The fraction of sp³-hybridized carbons (Fsp3) is 0.294. The van der Waals surface area contributed by atoms with Crippen LogP contribution in [0.15, 0.2) is 30.3 Å². The molecular weight excluding hydrogens is 253 g/mol. The fourth-order valence-electron chi connectivity index (χ4n) is 2.15. The van der Waals surface area contributed by atoms with Crippen molar-refractivity contribution in [1.82, 2.24) is 0 Å². The van der Waals surface area contributed by atoms with Crippen molar-refractivity contribution < 1.29 is 9.13 Å². The highest BCUT2D eigenvalue weighted by atomic mass is 19.1. The third-order valence-corrected chi connectivity index (χ3v) is 3.33. The SMILES string of the molecule is Cc1ccc(Oc2cc(C)c(F)cc2C(C)N)c(C)c1. The molecule has 1 atom stereocenters. The van der Waals surface area contributed by atoms with Crippen LogP contribution in [0.2, 0.25) is 0 Å². The zero-order valence-electron chi connectivity index (χ0n) is 12.3. The molecule has 0 saturated heterocycles. The van der Waals surface area contributed by atoms with Crippen LogP contribution in [0.5, 0.6) is 11.5 Å². The number of nitrogens with two attached hydrogens (primary N) is 1. The van der Waals surface area contributed by atoms with Crippen LogP contribution in [0, 0.1) is 26.6 Å². The van der Waals surface area contributed by atoms with Gasteiger partial charge in [0.15, 0.2) is 0 Å². The van der Waals surface area contributed by atoms with E-state index in [-0.39, 0.29) is 11.9 Å². The average Bonchev–Trinajstić information content (AvgIpc) is 2.36. The van der Waals surface area contributed by atoms with Gasteiger partial charge < -0.3 is 10.5 Å². The molecule has 2 N–H and O–H groups in total. The largest absolute Gasteiger partial charge is 0.457 e. The molecule has 0 bridgehead atoms. The van der Waals surface area contributed by atoms with E-state index in [1.54, 1.807) is 13.0 Å². The minimum atomic E-state index is -0.286. The molecule has 0 radical (unpaired) electrons. The summed E-state index contributed by atoms with van der Waals surface area (Å²) in [6.07, 6.45) is 0. The minimum Gasteiger partial charge on any atom is -0.457 e. The maximum atomic E-state index is 13.7. The summed E-state index contributed by atoms with van der Waals surface area (Å²) in [5.74, 6) is 1.12. The van der Waals surface area contributed by atoms with E-state index in [0.29, 0.717) is 16.9 Å². The van der Waals surface area contributed by atoms with Crippen molar-refractivity contribution in [3.05, 3.63) is 58.4 Å². The Morgan fingerprint density at radius 1 is 1.00 bits per heavy atom. The van der Waals surface area contributed by atoms with Gasteiger partial charge in [0.25, 0.3) is 0 Å². The first-order valence-electron chi connectivity index (χ1n) is 6.69. The number of benzene rings is 2. The molecule has 0 aromatic heterocycles. The third kappa shape index (κ3) is 2.99. The summed E-state index contributed by atoms with van der Waals surface area (Å²) in [6, 6.07) is 8.84. The summed E-state index contributed by atoms with van der Waals surface area (Å²) in [4.78, 5) is 0. The molecule has 106 valence electrons. The molecule has 2 aromatic carbocycles. The number of hydrogen-bond donors (Lipinski definition) is 1. The Hall–Kier alpha value is -1.87. The van der Waals surface area contributed by atoms with Gasteiger partial charge in [-0.25, -0.2) is 4.39 Å². The molecule has 0 aliphatic rings. The lowest BCUT2D eigenvalue weighted by Crippen LogP contribution is -2.08. The molecular formula is C17H20FNO. The molecule has 2 aromatic rings. The highest BCUT2D eigenvalue weighted by Gasteiger charge is 2.13. The van der Waals surface area contributed by atoms with Crippen LogP contribution < -0.4 is 10.5 Å². The van der Waals surface area contributed by atoms with Crippen LogP contribution >= 0.6 is 0 Å². The number of rotatable bonds is 3. The van der Waals surface area contributed by atoms with E-state index in [1.807, 2.05) is 32.9 Å². The second-order valence-electron chi connectivity index (χ2n) is 5.30. The van der Waals surface area contributed by atoms with E-state index in [1.165, 1.54) is 11.6 Å². The molecule has 0 aliphatic carbocycles. The van der Waals surface area contributed by atoms with E-state index in [0.717, 1.165) is 11.3 Å². The zero-order chi connectivity index (χ0) is 14.9. The lowest BCUT2D eigenvalue weighted by Gasteiger charge is -2.16. The molecule has 20 heavy (non-hydrogen) atoms. The van der Waals surface area contributed by atoms with Crippen LogP contribution in [0.4, 0.5) is 4.39 Å². The van der Waals surface area contributed by atoms with Gasteiger partial charge in [0.1, 0.15) is 17.3 Å².